The van der Waals surface area contributed by atoms with Crippen LogP contribution in [-0.4, -0.2) is 6.29 Å². The van der Waals surface area contributed by atoms with Gasteiger partial charge in [0.15, 0.2) is 0 Å². The normalized spacial score (nSPS) is 19.2. The third-order valence-electron chi connectivity index (χ3n) is 3.83. The van der Waals surface area contributed by atoms with Crippen LogP contribution in [0.3, 0.4) is 0 Å². The van der Waals surface area contributed by atoms with E-state index in [4.69, 9.17) is 0 Å². The van der Waals surface area contributed by atoms with Gasteiger partial charge >= 0.3 is 0 Å². The Morgan fingerprint density at radius 3 is 2.55 bits per heavy atom. The Labute approximate surface area is 124 Å². The van der Waals surface area contributed by atoms with Gasteiger partial charge in [0.1, 0.15) is 6.29 Å². The van der Waals surface area contributed by atoms with Gasteiger partial charge in [0.2, 0.25) is 0 Å². The van der Waals surface area contributed by atoms with E-state index >= 15 is 0 Å². The number of hydrogen-bond donors (Lipinski definition) is 0. The van der Waals surface area contributed by atoms with E-state index < -0.39 is 0 Å². The Morgan fingerprint density at radius 2 is 1.95 bits per heavy atom. The summed E-state index contributed by atoms with van der Waals surface area (Å²) in [6, 6.07) is 0. The molecule has 0 fully saturated rings. The molecular weight excluding hydrogens is 244 g/mol. The maximum absolute atomic E-state index is 10.8. The predicted molar refractivity (Wildman–Crippen MR) is 87.7 cm³/mol. The van der Waals surface area contributed by atoms with E-state index in [-0.39, 0.29) is 0 Å². The predicted octanol–water partition coefficient (Wildman–Crippen LogP) is 5.55. The summed E-state index contributed by atoms with van der Waals surface area (Å²) in [5.41, 5.74) is 5.28. The molecule has 0 amide bonds. The molecule has 0 bridgehead atoms. The zero-order valence-corrected chi connectivity index (χ0v) is 13.4. The van der Waals surface area contributed by atoms with Crippen molar-refractivity contribution in [2.24, 2.45) is 5.92 Å². The zero-order valence-electron chi connectivity index (χ0n) is 13.4. The van der Waals surface area contributed by atoms with Crippen molar-refractivity contribution < 1.29 is 4.79 Å². The molecule has 0 spiro atoms. The van der Waals surface area contributed by atoms with E-state index in [1.807, 2.05) is 6.08 Å². The summed E-state index contributed by atoms with van der Waals surface area (Å²) < 4.78 is 0. The highest BCUT2D eigenvalue weighted by molar-refractivity contribution is 5.75. The van der Waals surface area contributed by atoms with Gasteiger partial charge in [-0.1, -0.05) is 47.9 Å². The number of aldehydes is 1. The van der Waals surface area contributed by atoms with Gasteiger partial charge in [-0.2, -0.15) is 0 Å². The average molecular weight is 272 g/mol. The van der Waals surface area contributed by atoms with E-state index in [1.54, 1.807) is 0 Å². The molecule has 1 aliphatic carbocycles. The molecule has 1 heteroatoms. The second-order valence-corrected chi connectivity index (χ2v) is 6.12. The molecule has 0 aliphatic heterocycles. The molecule has 1 unspecified atom stereocenters. The maximum Gasteiger partial charge on any atom is 0.146 e. The first-order valence-corrected chi connectivity index (χ1v) is 7.66. The Bertz CT molecular complexity index is 442. The lowest BCUT2D eigenvalue weighted by molar-refractivity contribution is -0.105. The lowest BCUT2D eigenvalue weighted by Gasteiger charge is -2.17. The minimum absolute atomic E-state index is 0.384. The standard InChI is InChI=1S/C19H28O/c1-15(2)7-5-8-16(3)9-6-10-18-11-12-19(14-20)17(4)13-18/h7,9,11-12,14,17H,5-6,8,10,13H2,1-4H3. The topological polar surface area (TPSA) is 17.1 Å². The molecule has 0 aromatic carbocycles. The molecule has 0 radical (unpaired) electrons. The molecular formula is C19H28O. The smallest absolute Gasteiger partial charge is 0.146 e. The van der Waals surface area contributed by atoms with Crippen LogP contribution in [-0.2, 0) is 4.79 Å². The molecule has 1 rings (SSSR count). The van der Waals surface area contributed by atoms with E-state index in [0.717, 1.165) is 44.0 Å². The zero-order chi connectivity index (χ0) is 15.0. The van der Waals surface area contributed by atoms with Crippen LogP contribution in [0.4, 0.5) is 0 Å². The number of hydrogen-bond acceptors (Lipinski definition) is 1. The fourth-order valence-electron chi connectivity index (χ4n) is 2.49. The average Bonchev–Trinajstić information content (AvgIpc) is 2.38. The van der Waals surface area contributed by atoms with Crippen LogP contribution in [0.2, 0.25) is 0 Å². The largest absolute Gasteiger partial charge is 0.298 e. The number of carbonyl (C=O) groups excluding carboxylic acids is 1. The van der Waals surface area contributed by atoms with Gasteiger partial charge in [-0.25, -0.2) is 0 Å². The highest BCUT2D eigenvalue weighted by Gasteiger charge is 2.13. The summed E-state index contributed by atoms with van der Waals surface area (Å²) in [6.45, 7) is 8.66. The van der Waals surface area contributed by atoms with Crippen LogP contribution in [0, 0.1) is 5.92 Å². The second-order valence-electron chi connectivity index (χ2n) is 6.12. The third-order valence-corrected chi connectivity index (χ3v) is 3.83. The highest BCUT2D eigenvalue weighted by Crippen LogP contribution is 2.26. The number of carbonyl (C=O) groups is 1. The Balaban J connectivity index is 2.37. The van der Waals surface area contributed by atoms with Gasteiger partial charge in [0.25, 0.3) is 0 Å². The third kappa shape index (κ3) is 6.18. The molecule has 0 heterocycles. The summed E-state index contributed by atoms with van der Waals surface area (Å²) in [5, 5.41) is 0. The molecule has 0 aromatic rings. The van der Waals surface area contributed by atoms with Gasteiger partial charge in [-0.15, -0.1) is 0 Å². The highest BCUT2D eigenvalue weighted by atomic mass is 16.1. The molecule has 20 heavy (non-hydrogen) atoms. The van der Waals surface area contributed by atoms with Crippen LogP contribution in [0.5, 0.6) is 0 Å². The molecule has 0 aromatic heterocycles. The first kappa shape index (κ1) is 16.7. The van der Waals surface area contributed by atoms with Gasteiger partial charge in [-0.3, -0.25) is 4.79 Å². The lowest BCUT2D eigenvalue weighted by atomic mass is 9.87. The molecule has 0 saturated heterocycles. The molecule has 0 saturated carbocycles. The van der Waals surface area contributed by atoms with Crippen molar-refractivity contribution in [1.29, 1.82) is 0 Å². The quantitative estimate of drug-likeness (QED) is 0.438. The van der Waals surface area contributed by atoms with Gasteiger partial charge in [0.05, 0.1) is 0 Å². The Morgan fingerprint density at radius 1 is 1.20 bits per heavy atom. The van der Waals surface area contributed by atoms with Gasteiger partial charge < -0.3 is 0 Å². The minimum atomic E-state index is 0.384. The minimum Gasteiger partial charge on any atom is -0.298 e. The molecule has 1 aliphatic rings. The Kier molecular flexibility index (Phi) is 7.28. The van der Waals surface area contributed by atoms with E-state index in [9.17, 15) is 4.79 Å². The summed E-state index contributed by atoms with van der Waals surface area (Å²) in [4.78, 5) is 10.8. The second kappa shape index (κ2) is 8.73. The summed E-state index contributed by atoms with van der Waals surface area (Å²) >= 11 is 0. The van der Waals surface area contributed by atoms with Crippen molar-refractivity contribution in [3.8, 4) is 0 Å². The monoisotopic (exact) mass is 272 g/mol. The fourth-order valence-corrected chi connectivity index (χ4v) is 2.49. The van der Waals surface area contributed by atoms with Crippen LogP contribution >= 0.6 is 0 Å². The van der Waals surface area contributed by atoms with Crippen molar-refractivity contribution >= 4 is 6.29 Å². The SMILES string of the molecule is CC(C)=CCCC(C)=CCCC1=CC=C(C=O)C(C)C1. The van der Waals surface area contributed by atoms with Crippen molar-refractivity contribution in [1.82, 2.24) is 0 Å². The van der Waals surface area contributed by atoms with Crippen LogP contribution < -0.4 is 0 Å². The van der Waals surface area contributed by atoms with Crippen LogP contribution in [0.1, 0.15) is 59.8 Å². The fraction of sp³-hybridized carbons (Fsp3) is 0.526. The van der Waals surface area contributed by atoms with Crippen molar-refractivity contribution in [2.45, 2.75) is 59.8 Å². The molecule has 1 atom stereocenters. The van der Waals surface area contributed by atoms with Gasteiger partial charge in [0, 0.05) is 0 Å². The van der Waals surface area contributed by atoms with Crippen LogP contribution in [0.25, 0.3) is 0 Å². The van der Waals surface area contributed by atoms with E-state index in [1.165, 1.54) is 16.7 Å². The van der Waals surface area contributed by atoms with E-state index in [0.29, 0.717) is 5.92 Å². The number of allylic oxidation sites excluding steroid dienone is 8. The lowest BCUT2D eigenvalue weighted by Crippen LogP contribution is -2.06. The molecule has 0 N–H and O–H groups in total. The molecule has 1 nitrogen and oxygen atoms in total. The van der Waals surface area contributed by atoms with Gasteiger partial charge in [-0.05, 0) is 64.4 Å². The maximum atomic E-state index is 10.8. The van der Waals surface area contributed by atoms with Crippen molar-refractivity contribution in [3.63, 3.8) is 0 Å². The summed E-state index contributed by atoms with van der Waals surface area (Å²) in [5.74, 6) is 0.384. The first-order chi connectivity index (χ1) is 9.52. The first-order valence-electron chi connectivity index (χ1n) is 7.66. The van der Waals surface area contributed by atoms with E-state index in [2.05, 4.69) is 45.9 Å². The summed E-state index contributed by atoms with van der Waals surface area (Å²) in [7, 11) is 0. The summed E-state index contributed by atoms with van der Waals surface area (Å²) in [6.07, 6.45) is 15.4. The Hall–Kier alpha value is -1.37. The van der Waals surface area contributed by atoms with Crippen molar-refractivity contribution in [3.05, 3.63) is 46.6 Å². The number of rotatable bonds is 7. The van der Waals surface area contributed by atoms with Crippen molar-refractivity contribution in [2.75, 3.05) is 0 Å². The van der Waals surface area contributed by atoms with Crippen LogP contribution in [0.15, 0.2) is 46.6 Å². The molecule has 110 valence electrons.